The molecule has 1 N–H and O–H groups in total. The average Bonchev–Trinajstić information content (AvgIpc) is 3.07. The molecule has 0 radical (unpaired) electrons. The van der Waals surface area contributed by atoms with Gasteiger partial charge in [-0.15, -0.1) is 11.8 Å². The first-order valence-electron chi connectivity index (χ1n) is 10.9. The zero-order valence-electron chi connectivity index (χ0n) is 19.8. The van der Waals surface area contributed by atoms with Crippen LogP contribution in [-0.4, -0.2) is 74.7 Å². The molecule has 0 aliphatic carbocycles. The number of carbonyl (C=O) groups is 2. The van der Waals surface area contributed by atoms with E-state index in [1.807, 2.05) is 0 Å². The zero-order chi connectivity index (χ0) is 28.0. The highest BCUT2D eigenvalue weighted by atomic mass is 32.2. The lowest BCUT2D eigenvalue weighted by atomic mass is 9.81. The molecule has 16 heteroatoms. The molecule has 0 aromatic heterocycles. The minimum absolute atomic E-state index is 0.115. The van der Waals surface area contributed by atoms with Crippen LogP contribution in [0.15, 0.2) is 58.4 Å². The molecule has 2 aliphatic heterocycles. The number of rotatable bonds is 9. The van der Waals surface area contributed by atoms with Crippen molar-refractivity contribution in [2.75, 3.05) is 6.61 Å². The van der Waals surface area contributed by atoms with Gasteiger partial charge in [-0.25, -0.2) is 4.79 Å². The van der Waals surface area contributed by atoms with E-state index >= 15 is 0 Å². The number of hydrogen-bond donors (Lipinski definition) is 1. The van der Waals surface area contributed by atoms with Gasteiger partial charge >= 0.3 is 5.97 Å². The van der Waals surface area contributed by atoms with Crippen molar-refractivity contribution in [2.24, 2.45) is 4.99 Å². The van der Waals surface area contributed by atoms with Gasteiger partial charge in [0.15, 0.2) is 11.6 Å². The third kappa shape index (κ3) is 4.39. The Balaban J connectivity index is 1.56. The standard InChI is InChI=1S/C22H20N4O10S2/c1-21(2)22(20(28)29,12-36-38(34,35)16-9-7-15(8-10-16)26(32)33)24-18(27)17(19(24)37-21)23-11-13-3-5-14(6-4-13)25(30)31/h3-11,17,19H,12H2,1-2H3,(H,28,29)/t17-,19+,22-/m0/s1. The number of hydrogen-bond acceptors (Lipinski definition) is 11. The first-order valence-corrected chi connectivity index (χ1v) is 13.2. The zero-order valence-corrected chi connectivity index (χ0v) is 21.4. The molecule has 2 aromatic carbocycles. The van der Waals surface area contributed by atoms with Gasteiger partial charge in [-0.1, -0.05) is 0 Å². The second kappa shape index (κ2) is 9.45. The van der Waals surface area contributed by atoms with Crippen LogP contribution in [-0.2, 0) is 23.9 Å². The summed E-state index contributed by atoms with van der Waals surface area (Å²) in [6.45, 7) is 2.20. The summed E-state index contributed by atoms with van der Waals surface area (Å²) in [7, 11) is -4.53. The fourth-order valence-electron chi connectivity index (χ4n) is 4.28. The third-order valence-corrected chi connectivity index (χ3v) is 9.35. The van der Waals surface area contributed by atoms with E-state index in [0.29, 0.717) is 5.56 Å². The summed E-state index contributed by atoms with van der Waals surface area (Å²) in [6, 6.07) is 8.39. The molecule has 38 heavy (non-hydrogen) atoms. The van der Waals surface area contributed by atoms with Crippen molar-refractivity contribution in [3.05, 3.63) is 74.3 Å². The van der Waals surface area contributed by atoms with Gasteiger partial charge < -0.3 is 10.0 Å². The summed E-state index contributed by atoms with van der Waals surface area (Å²) in [6.07, 6.45) is 1.35. The number of amides is 1. The summed E-state index contributed by atoms with van der Waals surface area (Å²) in [5.41, 5.74) is -2.03. The molecule has 2 heterocycles. The number of carboxylic acid groups (broad SMARTS) is 1. The first kappa shape index (κ1) is 27.2. The van der Waals surface area contributed by atoms with Gasteiger partial charge in [-0.2, -0.15) is 8.42 Å². The summed E-state index contributed by atoms with van der Waals surface area (Å²) in [5.74, 6) is -2.12. The largest absolute Gasteiger partial charge is 0.479 e. The number of non-ortho nitro benzene ring substituents is 2. The molecule has 2 aromatic rings. The summed E-state index contributed by atoms with van der Waals surface area (Å²) < 4.78 is 29.4. The molecule has 0 bridgehead atoms. The number of carboxylic acids is 1. The number of nitrogens with zero attached hydrogens (tertiary/aromatic N) is 4. The SMILES string of the molecule is CC1(C)S[C@@H]2[C@@H](N=Cc3ccc([N+](=O)[O-])cc3)C(=O)N2[C@@]1(COS(=O)(=O)c1ccc([N+](=O)[O-])cc1)C(=O)O. The lowest BCUT2D eigenvalue weighted by molar-refractivity contribution is -0.385. The quantitative estimate of drug-likeness (QED) is 0.154. The predicted molar refractivity (Wildman–Crippen MR) is 133 cm³/mol. The van der Waals surface area contributed by atoms with E-state index in [1.165, 1.54) is 30.5 Å². The molecular weight excluding hydrogens is 544 g/mol. The van der Waals surface area contributed by atoms with E-state index in [0.717, 1.165) is 40.9 Å². The van der Waals surface area contributed by atoms with E-state index in [4.69, 9.17) is 4.18 Å². The van der Waals surface area contributed by atoms with Crippen LogP contribution in [0.3, 0.4) is 0 Å². The maximum Gasteiger partial charge on any atom is 0.333 e. The van der Waals surface area contributed by atoms with Crippen molar-refractivity contribution in [2.45, 2.75) is 40.4 Å². The highest BCUT2D eigenvalue weighted by Gasteiger charge is 2.73. The number of β-lactam (4-membered cyclic amide) rings is 1. The van der Waals surface area contributed by atoms with E-state index in [1.54, 1.807) is 13.8 Å². The van der Waals surface area contributed by atoms with Crippen LogP contribution in [0, 0.1) is 20.2 Å². The Kier molecular flexibility index (Phi) is 6.75. The van der Waals surface area contributed by atoms with Gasteiger partial charge in [0.05, 0.1) is 14.7 Å². The number of nitro benzene ring substituents is 2. The molecule has 2 saturated heterocycles. The van der Waals surface area contributed by atoms with E-state index in [2.05, 4.69) is 4.99 Å². The minimum atomic E-state index is -4.53. The van der Waals surface area contributed by atoms with Crippen LogP contribution in [0.2, 0.25) is 0 Å². The lowest BCUT2D eigenvalue weighted by Gasteiger charge is -2.48. The molecule has 2 fully saturated rings. The average molecular weight is 565 g/mol. The van der Waals surface area contributed by atoms with Crippen molar-refractivity contribution in [1.82, 2.24) is 4.90 Å². The Morgan fingerprint density at radius 3 is 2.13 bits per heavy atom. The van der Waals surface area contributed by atoms with Gasteiger partial charge in [0.2, 0.25) is 0 Å². The second-order valence-electron chi connectivity index (χ2n) is 8.93. The van der Waals surface area contributed by atoms with Crippen LogP contribution < -0.4 is 0 Å². The number of fused-ring (bicyclic) bond motifs is 1. The maximum atomic E-state index is 13.1. The van der Waals surface area contributed by atoms with Gasteiger partial charge in [0.1, 0.15) is 12.0 Å². The Morgan fingerprint density at radius 2 is 1.63 bits per heavy atom. The van der Waals surface area contributed by atoms with Crippen LogP contribution in [0.5, 0.6) is 0 Å². The number of benzene rings is 2. The van der Waals surface area contributed by atoms with Crippen LogP contribution in [0.25, 0.3) is 0 Å². The molecule has 0 saturated carbocycles. The van der Waals surface area contributed by atoms with Crippen molar-refractivity contribution in [3.8, 4) is 0 Å². The maximum absolute atomic E-state index is 13.1. The van der Waals surface area contributed by atoms with E-state index in [9.17, 15) is 43.3 Å². The highest BCUT2D eigenvalue weighted by molar-refractivity contribution is 8.01. The van der Waals surface area contributed by atoms with Gasteiger partial charge in [-0.3, -0.25) is 34.2 Å². The van der Waals surface area contributed by atoms with Crippen LogP contribution >= 0.6 is 11.8 Å². The molecule has 1 amide bonds. The number of aliphatic carboxylic acids is 1. The Bertz CT molecular complexity index is 1460. The molecule has 200 valence electrons. The first-order chi connectivity index (χ1) is 17.7. The van der Waals surface area contributed by atoms with Gasteiger partial charge in [0, 0.05) is 35.2 Å². The fourth-order valence-corrected chi connectivity index (χ4v) is 6.96. The fraction of sp³-hybridized carbons (Fsp3) is 0.318. The van der Waals surface area contributed by atoms with Gasteiger partial charge in [0.25, 0.3) is 27.4 Å². The number of carbonyl (C=O) groups excluding carboxylic acids is 1. The topological polar surface area (TPSA) is 200 Å². The molecule has 14 nitrogen and oxygen atoms in total. The molecule has 3 atom stereocenters. The lowest BCUT2D eigenvalue weighted by Crippen LogP contribution is -2.73. The minimum Gasteiger partial charge on any atom is -0.479 e. The number of aliphatic imine (C=N–C) groups is 1. The Hall–Kier alpha value is -3.89. The normalized spacial score (nSPS) is 24.2. The van der Waals surface area contributed by atoms with Gasteiger partial charge in [-0.05, 0) is 43.7 Å². The van der Waals surface area contributed by atoms with Crippen molar-refractivity contribution in [3.63, 3.8) is 0 Å². The molecule has 2 aliphatic rings. The molecular formula is C22H20N4O10S2. The Morgan fingerprint density at radius 1 is 1.11 bits per heavy atom. The number of thioether (sulfide) groups is 1. The second-order valence-corrected chi connectivity index (χ2v) is 12.3. The monoisotopic (exact) mass is 564 g/mol. The number of nitro groups is 2. The molecule has 0 unspecified atom stereocenters. The highest BCUT2D eigenvalue weighted by Crippen LogP contribution is 2.57. The third-order valence-electron chi connectivity index (χ3n) is 6.44. The van der Waals surface area contributed by atoms with Crippen molar-refractivity contribution >= 4 is 51.3 Å². The van der Waals surface area contributed by atoms with E-state index < -0.39 is 65.0 Å². The summed E-state index contributed by atoms with van der Waals surface area (Å²) in [5, 5.41) is 31.1. The van der Waals surface area contributed by atoms with Crippen LogP contribution in [0.1, 0.15) is 19.4 Å². The summed E-state index contributed by atoms with van der Waals surface area (Å²) >= 11 is 1.13. The van der Waals surface area contributed by atoms with Crippen molar-refractivity contribution < 1.29 is 37.1 Å². The smallest absolute Gasteiger partial charge is 0.333 e. The molecule has 4 rings (SSSR count). The predicted octanol–water partition coefficient (Wildman–Crippen LogP) is 2.21. The Labute approximate surface area is 219 Å². The molecule has 0 spiro atoms. The van der Waals surface area contributed by atoms with Crippen molar-refractivity contribution in [1.29, 1.82) is 0 Å². The van der Waals surface area contributed by atoms with Crippen LogP contribution in [0.4, 0.5) is 11.4 Å². The van der Waals surface area contributed by atoms with E-state index in [-0.39, 0.29) is 11.4 Å². The summed E-state index contributed by atoms with van der Waals surface area (Å²) in [4.78, 5) is 50.9.